The van der Waals surface area contributed by atoms with Gasteiger partial charge in [0, 0.05) is 0 Å². The van der Waals surface area contributed by atoms with Gasteiger partial charge in [0.05, 0.1) is 0 Å². The van der Waals surface area contributed by atoms with E-state index in [2.05, 4.69) is 0 Å². The summed E-state index contributed by atoms with van der Waals surface area (Å²) < 4.78 is 126. The first-order chi connectivity index (χ1) is 7.30. The van der Waals surface area contributed by atoms with E-state index < -0.39 is 40.1 Å². The summed E-state index contributed by atoms with van der Waals surface area (Å²) in [6, 6.07) is 0. The molecule has 102 valence electrons. The Balaban J connectivity index is 5.78. The van der Waals surface area contributed by atoms with Gasteiger partial charge >= 0.3 is 23.2 Å². The van der Waals surface area contributed by atoms with Crippen LogP contribution in [0, 0.1) is 0 Å². The Labute approximate surface area is 89.4 Å². The molecule has 0 aromatic heterocycles. The second-order valence-corrected chi connectivity index (χ2v) is 3.50. The average Bonchev–Trinajstić information content (AvgIpc) is 2.15. The van der Waals surface area contributed by atoms with Crippen molar-refractivity contribution in [1.82, 2.24) is 0 Å². The number of rotatable bonds is 4. The molecule has 12 heteroatoms. The molecule has 17 heavy (non-hydrogen) atoms. The highest BCUT2D eigenvalue weighted by Gasteiger charge is 2.77. The molecule has 0 aliphatic rings. The zero-order valence-corrected chi connectivity index (χ0v) is 7.98. The third-order valence-electron chi connectivity index (χ3n) is 1.42. The van der Waals surface area contributed by atoms with Crippen LogP contribution in [0.25, 0.3) is 0 Å². The van der Waals surface area contributed by atoms with Gasteiger partial charge in [-0.05, 0) is 0 Å². The highest BCUT2D eigenvalue weighted by atomic mass is 32.2. The van der Waals surface area contributed by atoms with Crippen LogP contribution in [0.1, 0.15) is 0 Å². The van der Waals surface area contributed by atoms with E-state index in [1.54, 1.807) is 0 Å². The second-order valence-electron chi connectivity index (χ2n) is 2.49. The van der Waals surface area contributed by atoms with Gasteiger partial charge in [-0.15, -0.1) is 0 Å². The molecule has 0 aromatic rings. The van der Waals surface area contributed by atoms with E-state index in [1.807, 2.05) is 0 Å². The smallest absolute Gasteiger partial charge is 0.301 e. The molecule has 0 aliphatic heterocycles. The molecule has 1 N–H and O–H groups in total. The number of hydrogen-bond acceptors (Lipinski definition) is 1. The van der Waals surface area contributed by atoms with Crippen LogP contribution in [0.15, 0.2) is 11.9 Å². The van der Waals surface area contributed by atoms with Gasteiger partial charge in [0.25, 0.3) is 0 Å². The van der Waals surface area contributed by atoms with Crippen molar-refractivity contribution < 1.29 is 48.3 Å². The summed E-state index contributed by atoms with van der Waals surface area (Å²) in [5.74, 6) is -17.5. The molecule has 0 fully saturated rings. The van der Waals surface area contributed by atoms with Crippen LogP contribution in [-0.4, -0.2) is 25.9 Å². The van der Waals surface area contributed by atoms with Crippen LogP contribution in [0.4, 0.5) is 39.5 Å². The van der Waals surface area contributed by atoms with Crippen molar-refractivity contribution in [3.05, 3.63) is 11.9 Å². The quantitative estimate of drug-likeness (QED) is 0.639. The summed E-state index contributed by atoms with van der Waals surface area (Å²) in [6.45, 7) is 0. The third-order valence-corrected chi connectivity index (χ3v) is 2.12. The maximum absolute atomic E-state index is 12.4. The number of allylic oxidation sites excluding steroid dienone is 1. The minimum absolute atomic E-state index is 3.95. The van der Waals surface area contributed by atoms with E-state index in [4.69, 9.17) is 4.55 Å². The predicted molar refractivity (Wildman–Crippen MR) is 36.0 cm³/mol. The fraction of sp³-hybridized carbons (Fsp3) is 0.600. The lowest BCUT2D eigenvalue weighted by Gasteiger charge is -2.29. The topological polar surface area (TPSA) is 37.3 Å². The van der Waals surface area contributed by atoms with Crippen LogP contribution in [0.5, 0.6) is 0 Å². The summed E-state index contributed by atoms with van der Waals surface area (Å²) in [7, 11) is 0. The zero-order chi connectivity index (χ0) is 14.2. The summed E-state index contributed by atoms with van der Waals surface area (Å²) >= 11 is -4.82. The Morgan fingerprint density at radius 2 is 1.29 bits per heavy atom. The second kappa shape index (κ2) is 4.48. The molecule has 0 rings (SSSR count). The van der Waals surface area contributed by atoms with E-state index in [-0.39, 0.29) is 0 Å². The van der Waals surface area contributed by atoms with Gasteiger partial charge in [0.15, 0.2) is 0 Å². The highest BCUT2D eigenvalue weighted by Crippen LogP contribution is 2.51. The molecule has 0 spiro atoms. The van der Waals surface area contributed by atoms with Gasteiger partial charge in [-0.1, -0.05) is 0 Å². The van der Waals surface area contributed by atoms with Crippen LogP contribution >= 0.6 is 0 Å². The van der Waals surface area contributed by atoms with Crippen LogP contribution in [0.2, 0.25) is 0 Å². The standard InChI is InChI=1S/C5HF9O2S/c6-1(2(7)8)3(9,10)4(11,12)5(13,14)17(15)16/h(H,15,16). The van der Waals surface area contributed by atoms with E-state index in [1.165, 1.54) is 0 Å². The fourth-order valence-corrected chi connectivity index (χ4v) is 0.896. The van der Waals surface area contributed by atoms with Crippen LogP contribution in [-0.2, 0) is 11.1 Å². The van der Waals surface area contributed by atoms with Crippen LogP contribution in [0.3, 0.4) is 0 Å². The van der Waals surface area contributed by atoms with Gasteiger partial charge in [-0.2, -0.15) is 39.5 Å². The van der Waals surface area contributed by atoms with Gasteiger partial charge in [0.1, 0.15) is 0 Å². The Bertz CT molecular complexity index is 358. The molecule has 1 atom stereocenters. The Kier molecular flexibility index (Phi) is 4.27. The van der Waals surface area contributed by atoms with E-state index in [0.29, 0.717) is 0 Å². The lowest BCUT2D eigenvalue weighted by atomic mass is 10.1. The van der Waals surface area contributed by atoms with Crippen molar-refractivity contribution in [2.24, 2.45) is 0 Å². The first-order valence-corrected chi connectivity index (χ1v) is 4.36. The summed E-state index contributed by atoms with van der Waals surface area (Å²) in [6.07, 6.45) is -3.95. The Morgan fingerprint density at radius 3 is 1.53 bits per heavy atom. The van der Waals surface area contributed by atoms with Gasteiger partial charge < -0.3 is 4.55 Å². The summed E-state index contributed by atoms with van der Waals surface area (Å²) in [5, 5.41) is -6.32. The maximum Gasteiger partial charge on any atom is 0.413 e. The van der Waals surface area contributed by atoms with E-state index >= 15 is 0 Å². The molecule has 0 aromatic carbocycles. The molecule has 0 heterocycles. The SMILES string of the molecule is O=S(O)C(F)(F)C(F)(F)C(F)(F)C(F)=C(F)F. The van der Waals surface area contributed by atoms with Crippen molar-refractivity contribution in [1.29, 1.82) is 0 Å². The minimum atomic E-state index is -6.81. The molecule has 0 bridgehead atoms. The molecule has 0 saturated heterocycles. The highest BCUT2D eigenvalue weighted by molar-refractivity contribution is 7.80. The zero-order valence-electron chi connectivity index (χ0n) is 7.17. The number of halogens is 9. The van der Waals surface area contributed by atoms with Crippen molar-refractivity contribution >= 4 is 11.1 Å². The molecule has 2 nitrogen and oxygen atoms in total. The Morgan fingerprint density at radius 1 is 0.941 bits per heavy atom. The molecule has 0 amide bonds. The van der Waals surface area contributed by atoms with Crippen LogP contribution < -0.4 is 0 Å². The summed E-state index contributed by atoms with van der Waals surface area (Å²) in [5.41, 5.74) is 0. The third kappa shape index (κ3) is 2.41. The van der Waals surface area contributed by atoms with Gasteiger partial charge in [-0.3, -0.25) is 0 Å². The molecule has 0 radical (unpaired) electrons. The van der Waals surface area contributed by atoms with Gasteiger partial charge in [0.2, 0.25) is 16.9 Å². The molecule has 0 saturated carbocycles. The predicted octanol–water partition coefficient (Wildman–Crippen LogP) is 3.15. The largest absolute Gasteiger partial charge is 0.413 e. The number of hydrogen-bond donors (Lipinski definition) is 1. The summed E-state index contributed by atoms with van der Waals surface area (Å²) in [4.78, 5) is 0. The number of alkyl halides is 6. The first kappa shape index (κ1) is 16.2. The maximum atomic E-state index is 12.4. The minimum Gasteiger partial charge on any atom is -0.301 e. The lowest BCUT2D eigenvalue weighted by Crippen LogP contribution is -2.56. The molecular formula is C5HF9O2S. The van der Waals surface area contributed by atoms with Gasteiger partial charge in [-0.25, -0.2) is 4.21 Å². The molecule has 1 unspecified atom stereocenters. The van der Waals surface area contributed by atoms with Crippen molar-refractivity contribution in [3.8, 4) is 0 Å². The van der Waals surface area contributed by atoms with Crippen molar-refractivity contribution in [2.45, 2.75) is 17.1 Å². The lowest BCUT2D eigenvalue weighted by molar-refractivity contribution is -0.270. The normalized spacial score (nSPS) is 15.6. The van der Waals surface area contributed by atoms with Crippen molar-refractivity contribution in [2.75, 3.05) is 0 Å². The van der Waals surface area contributed by atoms with E-state index in [9.17, 15) is 43.7 Å². The van der Waals surface area contributed by atoms with Crippen molar-refractivity contribution in [3.63, 3.8) is 0 Å². The van der Waals surface area contributed by atoms with E-state index in [0.717, 1.165) is 0 Å². The molecular weight excluding hydrogens is 295 g/mol. The Hall–Kier alpha value is -0.780. The first-order valence-electron chi connectivity index (χ1n) is 3.25. The monoisotopic (exact) mass is 296 g/mol. The molecule has 0 aliphatic carbocycles. The average molecular weight is 296 g/mol. The fourth-order valence-electron chi connectivity index (χ4n) is 0.549.